The third-order valence-electron chi connectivity index (χ3n) is 13.9. The van der Waals surface area contributed by atoms with Crippen LogP contribution in [0, 0.1) is 24.2 Å². The van der Waals surface area contributed by atoms with Gasteiger partial charge >= 0.3 is 24.2 Å². The molecule has 4 aliphatic rings. The van der Waals surface area contributed by atoms with Crippen LogP contribution >= 0.6 is 0 Å². The van der Waals surface area contributed by atoms with Gasteiger partial charge in [0.05, 0.1) is 17.0 Å². The number of pyridine rings is 2. The van der Waals surface area contributed by atoms with Gasteiger partial charge < -0.3 is 39.1 Å². The molecule has 4 aromatic rings. The highest BCUT2D eigenvalue weighted by Crippen LogP contribution is 2.42. The number of rotatable bonds is 12. The molecule has 71 heavy (non-hydrogen) atoms. The summed E-state index contributed by atoms with van der Waals surface area (Å²) in [5.41, 5.74) is 1.82. The van der Waals surface area contributed by atoms with E-state index in [1.54, 1.807) is 66.1 Å². The number of nitrogens with one attached hydrogen (secondary N) is 2. The van der Waals surface area contributed by atoms with Crippen LogP contribution in [0.15, 0.2) is 61.2 Å². The van der Waals surface area contributed by atoms with E-state index in [1.807, 2.05) is 62.9 Å². The van der Waals surface area contributed by atoms with Gasteiger partial charge in [-0.1, -0.05) is 6.07 Å². The lowest BCUT2D eigenvalue weighted by Crippen LogP contribution is -2.55. The summed E-state index contributed by atoms with van der Waals surface area (Å²) in [6, 6.07) is 9.97. The predicted octanol–water partition coefficient (Wildman–Crippen LogP) is 6.82. The molecule has 0 bridgehead atoms. The monoisotopic (exact) mass is 977 g/mol. The first-order valence-corrected chi connectivity index (χ1v) is 24.8. The Bertz CT molecular complexity index is 2600. The van der Waals surface area contributed by atoms with Crippen molar-refractivity contribution in [3.63, 3.8) is 0 Å². The SMILES string of the molecule is Cc1cc(C[C@@H](NC(=O)N2CCC3(CC2)OC(=O)Nc2ncccc23)C(=O)C[C@@H](CC2CCN(C(=O)OC(C)(C)C)CC2)C(=O)N2CCN(c3ccncc3)CC2)cc2cn(COC(=O)C(C)(C)C)nc12. The number of ketones is 1. The van der Waals surface area contributed by atoms with Crippen LogP contribution < -0.4 is 15.5 Å². The number of benzene rings is 1. The fraction of sp³-hybridized carbons (Fsp3) is 0.558. The summed E-state index contributed by atoms with van der Waals surface area (Å²) in [6.45, 7) is 16.4. The molecule has 1 aromatic carbocycles. The number of aryl methyl sites for hydroxylation is 1. The molecule has 0 aliphatic carbocycles. The van der Waals surface area contributed by atoms with Crippen LogP contribution in [0.3, 0.4) is 0 Å². The van der Waals surface area contributed by atoms with E-state index in [-0.39, 0.29) is 62.3 Å². The summed E-state index contributed by atoms with van der Waals surface area (Å²) >= 11 is 0. The highest BCUT2D eigenvalue weighted by Gasteiger charge is 2.46. The molecule has 19 nitrogen and oxygen atoms in total. The van der Waals surface area contributed by atoms with Crippen LogP contribution in [0.25, 0.3) is 10.9 Å². The number of anilines is 2. The average molecular weight is 977 g/mol. The number of amides is 5. The van der Waals surface area contributed by atoms with Gasteiger partial charge in [-0.3, -0.25) is 24.7 Å². The lowest BCUT2D eigenvalue weighted by Gasteiger charge is -2.43. The summed E-state index contributed by atoms with van der Waals surface area (Å²) in [6.07, 6.45) is 8.36. The summed E-state index contributed by atoms with van der Waals surface area (Å²) < 4.78 is 18.7. The van der Waals surface area contributed by atoms with Crippen molar-refractivity contribution in [3.8, 4) is 0 Å². The van der Waals surface area contributed by atoms with Gasteiger partial charge in [0.1, 0.15) is 17.0 Å². The van der Waals surface area contributed by atoms with Gasteiger partial charge in [0.15, 0.2) is 12.5 Å². The number of urea groups is 1. The normalized spacial score (nSPS) is 18.3. The van der Waals surface area contributed by atoms with E-state index in [4.69, 9.17) is 14.2 Å². The second-order valence-electron chi connectivity index (χ2n) is 21.5. The van der Waals surface area contributed by atoms with Crippen LogP contribution in [0.1, 0.15) is 96.8 Å². The number of piperazine rings is 1. The van der Waals surface area contributed by atoms with Crippen molar-refractivity contribution in [3.05, 3.63) is 77.9 Å². The fourth-order valence-corrected chi connectivity index (χ4v) is 10.1. The molecule has 0 unspecified atom stereocenters. The molecule has 0 saturated carbocycles. The lowest BCUT2D eigenvalue weighted by atomic mass is 9.82. The Balaban J connectivity index is 1.03. The largest absolute Gasteiger partial charge is 0.444 e. The molecule has 0 radical (unpaired) electrons. The number of nitrogens with zero attached hydrogens (tertiary/aromatic N) is 8. The second kappa shape index (κ2) is 20.9. The minimum absolute atomic E-state index is 0.0657. The Kier molecular flexibility index (Phi) is 14.9. The van der Waals surface area contributed by atoms with Crippen molar-refractivity contribution in [2.45, 2.75) is 117 Å². The molecular formula is C52H68N10O9. The Morgan fingerprint density at radius 3 is 2.27 bits per heavy atom. The van der Waals surface area contributed by atoms with Crippen LogP contribution in [0.2, 0.25) is 0 Å². The van der Waals surface area contributed by atoms with Gasteiger partial charge in [0.25, 0.3) is 0 Å². The molecule has 7 heterocycles. The quantitative estimate of drug-likeness (QED) is 0.110. The van der Waals surface area contributed by atoms with E-state index in [2.05, 4.69) is 30.6 Å². The third-order valence-corrected chi connectivity index (χ3v) is 13.9. The van der Waals surface area contributed by atoms with Gasteiger partial charge in [0.2, 0.25) is 5.91 Å². The Labute approximate surface area is 414 Å². The molecule has 380 valence electrons. The van der Waals surface area contributed by atoms with E-state index in [1.165, 1.54) is 0 Å². The number of hydrogen-bond acceptors (Lipinski definition) is 13. The number of piperidine rings is 2. The number of carbonyl (C=O) groups is 6. The van der Waals surface area contributed by atoms with Crippen LogP contribution in [-0.4, -0.2) is 134 Å². The van der Waals surface area contributed by atoms with Crippen LogP contribution in [0.5, 0.6) is 0 Å². The van der Waals surface area contributed by atoms with Gasteiger partial charge in [0, 0.05) is 119 Å². The van der Waals surface area contributed by atoms with Gasteiger partial charge in [-0.25, -0.2) is 24.0 Å². The van der Waals surface area contributed by atoms with E-state index in [0.717, 1.165) is 27.8 Å². The van der Waals surface area contributed by atoms with Crippen molar-refractivity contribution in [2.75, 3.05) is 62.6 Å². The van der Waals surface area contributed by atoms with Crippen molar-refractivity contribution in [1.82, 2.24) is 39.8 Å². The predicted molar refractivity (Wildman–Crippen MR) is 264 cm³/mol. The Morgan fingerprint density at radius 1 is 0.887 bits per heavy atom. The number of hydrogen-bond donors (Lipinski definition) is 2. The highest BCUT2D eigenvalue weighted by atomic mass is 16.6. The highest BCUT2D eigenvalue weighted by molar-refractivity contribution is 5.93. The Hall–Kier alpha value is -6.79. The molecule has 19 heteroatoms. The molecule has 3 fully saturated rings. The van der Waals surface area contributed by atoms with Crippen molar-refractivity contribution < 1.29 is 43.0 Å². The number of likely N-dealkylation sites (tertiary alicyclic amines) is 2. The average Bonchev–Trinajstić information content (AvgIpc) is 3.76. The van der Waals surface area contributed by atoms with Crippen molar-refractivity contribution >= 4 is 58.3 Å². The first-order valence-electron chi connectivity index (χ1n) is 24.8. The van der Waals surface area contributed by atoms with Crippen LogP contribution in [-0.2, 0) is 47.3 Å². The van der Waals surface area contributed by atoms with Gasteiger partial charge in [-0.15, -0.1) is 0 Å². The first kappa shape index (κ1) is 50.6. The third kappa shape index (κ3) is 12.2. The zero-order chi connectivity index (χ0) is 50.7. The number of aromatic nitrogens is 4. The summed E-state index contributed by atoms with van der Waals surface area (Å²) in [5.74, 6) is -0.910. The van der Waals surface area contributed by atoms with E-state index < -0.39 is 40.7 Å². The second-order valence-corrected chi connectivity index (χ2v) is 21.5. The zero-order valence-corrected chi connectivity index (χ0v) is 42.1. The molecule has 3 aromatic heterocycles. The van der Waals surface area contributed by atoms with Gasteiger partial charge in [-0.05, 0) is 122 Å². The van der Waals surface area contributed by atoms with E-state index >= 15 is 4.79 Å². The molecule has 3 saturated heterocycles. The smallest absolute Gasteiger partial charge is 0.413 e. The lowest BCUT2D eigenvalue weighted by molar-refractivity contribution is -0.157. The fourth-order valence-electron chi connectivity index (χ4n) is 10.1. The molecule has 2 atom stereocenters. The number of esters is 1. The summed E-state index contributed by atoms with van der Waals surface area (Å²) in [7, 11) is 0. The standard InChI is InChI=1S/C52H68N10O9/c1-34-27-36(29-38-32-62(57-43(34)38)33-69-46(65)50(2,3)4)30-41(55-47(66)60-21-14-52(15-22-60)40-9-8-16-54-44(40)56-48(67)70-52)42(63)31-37(28-35-12-19-61(20-13-35)49(68)71-51(5,6)7)45(64)59-25-23-58(24-26-59)39-10-17-53-18-11-39/h8-11,16-18,27,29,32,35,37,41H,12-15,19-26,28,30-31,33H2,1-7H3,(H,55,66)(H,54,56,67)/t37-,41-/m1/s1. The molecule has 8 rings (SSSR count). The molecule has 5 amide bonds. The number of fused-ring (bicyclic) bond motifs is 3. The molecule has 4 aliphatic heterocycles. The summed E-state index contributed by atoms with van der Waals surface area (Å²) in [5, 5.41) is 11.2. The van der Waals surface area contributed by atoms with Crippen LogP contribution in [0.4, 0.5) is 25.9 Å². The topological polar surface area (TPSA) is 211 Å². The number of carbonyl (C=O) groups excluding carboxylic acids is 6. The van der Waals surface area contributed by atoms with Crippen molar-refractivity contribution in [2.24, 2.45) is 17.3 Å². The first-order chi connectivity index (χ1) is 33.7. The van der Waals surface area contributed by atoms with Crippen molar-refractivity contribution in [1.29, 1.82) is 0 Å². The molecular weight excluding hydrogens is 909 g/mol. The summed E-state index contributed by atoms with van der Waals surface area (Å²) in [4.78, 5) is 98.4. The van der Waals surface area contributed by atoms with E-state index in [9.17, 15) is 24.0 Å². The maximum atomic E-state index is 15.1. The minimum atomic E-state index is -1.02. The number of ether oxygens (including phenoxy) is 3. The van der Waals surface area contributed by atoms with E-state index in [0.29, 0.717) is 82.7 Å². The molecule has 2 N–H and O–H groups in total. The maximum Gasteiger partial charge on any atom is 0.413 e. The Morgan fingerprint density at radius 2 is 1.59 bits per heavy atom. The number of Topliss-reactive ketones (excluding diaryl/α,β-unsaturated/α-hetero) is 1. The maximum absolute atomic E-state index is 15.1. The molecule has 1 spiro atoms. The minimum Gasteiger partial charge on any atom is -0.444 e. The zero-order valence-electron chi connectivity index (χ0n) is 42.1. The van der Waals surface area contributed by atoms with Gasteiger partial charge in [-0.2, -0.15) is 5.10 Å².